The first kappa shape index (κ1) is 15.8. The second-order valence-electron chi connectivity index (χ2n) is 7.65. The van der Waals surface area contributed by atoms with Crippen molar-refractivity contribution in [2.75, 3.05) is 19.7 Å². The summed E-state index contributed by atoms with van der Waals surface area (Å²) < 4.78 is 0. The molecule has 0 aromatic carbocycles. The van der Waals surface area contributed by atoms with Crippen molar-refractivity contribution in [2.24, 2.45) is 17.8 Å². The molecule has 0 radical (unpaired) electrons. The van der Waals surface area contributed by atoms with E-state index in [9.17, 15) is 5.11 Å². The van der Waals surface area contributed by atoms with E-state index >= 15 is 0 Å². The van der Waals surface area contributed by atoms with Crippen LogP contribution in [-0.2, 0) is 0 Å². The molecule has 5 atom stereocenters. The van der Waals surface area contributed by atoms with Crippen molar-refractivity contribution in [1.29, 1.82) is 0 Å². The first-order valence-electron chi connectivity index (χ1n) is 9.46. The number of rotatable bonds is 5. The van der Waals surface area contributed by atoms with Crippen LogP contribution in [0.15, 0.2) is 0 Å². The molecule has 3 N–H and O–H groups in total. The van der Waals surface area contributed by atoms with E-state index in [0.717, 1.165) is 24.5 Å². The quantitative estimate of drug-likeness (QED) is 0.730. The lowest BCUT2D eigenvalue weighted by molar-refractivity contribution is 0.122. The van der Waals surface area contributed by atoms with E-state index in [1.807, 2.05) is 0 Å². The summed E-state index contributed by atoms with van der Waals surface area (Å²) in [5, 5.41) is 17.3. The third kappa shape index (κ3) is 4.00. The molecule has 3 heteroatoms. The molecule has 5 unspecified atom stereocenters. The lowest BCUT2D eigenvalue weighted by Crippen LogP contribution is -2.49. The highest BCUT2D eigenvalue weighted by molar-refractivity contribution is 4.92. The van der Waals surface area contributed by atoms with E-state index in [1.54, 1.807) is 0 Å². The monoisotopic (exact) mass is 294 g/mol. The second kappa shape index (κ2) is 7.94. The molecule has 2 aliphatic carbocycles. The molecule has 0 spiro atoms. The van der Waals surface area contributed by atoms with Crippen LogP contribution < -0.4 is 10.6 Å². The van der Waals surface area contributed by atoms with Crippen LogP contribution >= 0.6 is 0 Å². The summed E-state index contributed by atoms with van der Waals surface area (Å²) in [6.45, 7) is 2.76. The molecule has 1 saturated heterocycles. The van der Waals surface area contributed by atoms with Gasteiger partial charge in [0.25, 0.3) is 0 Å². The fourth-order valence-corrected chi connectivity index (χ4v) is 5.07. The third-order valence-electron chi connectivity index (χ3n) is 6.38. The highest BCUT2D eigenvalue weighted by Crippen LogP contribution is 2.33. The molecule has 3 aliphatic rings. The zero-order valence-corrected chi connectivity index (χ0v) is 13.5. The normalized spacial score (nSPS) is 41.3. The van der Waals surface area contributed by atoms with Gasteiger partial charge < -0.3 is 15.7 Å². The number of aliphatic hydroxyl groups excluding tert-OH is 1. The van der Waals surface area contributed by atoms with Crippen LogP contribution in [0.25, 0.3) is 0 Å². The topological polar surface area (TPSA) is 44.3 Å². The van der Waals surface area contributed by atoms with Crippen LogP contribution in [0.2, 0.25) is 0 Å². The maximum absolute atomic E-state index is 9.59. The van der Waals surface area contributed by atoms with Gasteiger partial charge in [0.2, 0.25) is 0 Å². The Morgan fingerprint density at radius 2 is 1.62 bits per heavy atom. The van der Waals surface area contributed by atoms with Crippen LogP contribution in [0.1, 0.15) is 64.2 Å². The Hall–Kier alpha value is -0.120. The zero-order valence-electron chi connectivity index (χ0n) is 13.5. The summed E-state index contributed by atoms with van der Waals surface area (Å²) in [6, 6.07) is 1.48. The minimum absolute atomic E-state index is 0.393. The summed E-state index contributed by atoms with van der Waals surface area (Å²) in [7, 11) is 0. The van der Waals surface area contributed by atoms with E-state index in [1.165, 1.54) is 70.8 Å². The molecule has 1 heterocycles. The first-order valence-corrected chi connectivity index (χ1v) is 9.46. The molecule has 122 valence electrons. The average Bonchev–Trinajstić information content (AvgIpc) is 3.08. The van der Waals surface area contributed by atoms with E-state index in [0.29, 0.717) is 18.4 Å². The molecule has 1 aliphatic heterocycles. The number of nitrogens with one attached hydrogen (secondary N) is 2. The Balaban J connectivity index is 1.51. The van der Waals surface area contributed by atoms with Crippen LogP contribution in [0.5, 0.6) is 0 Å². The van der Waals surface area contributed by atoms with Gasteiger partial charge in [-0.05, 0) is 69.4 Å². The lowest BCUT2D eigenvalue weighted by Gasteiger charge is -2.38. The SMILES string of the molecule is OCC1CCCCC1CNC1CCCCC1C1CCCN1. The summed E-state index contributed by atoms with van der Waals surface area (Å²) in [5.41, 5.74) is 0. The molecule has 3 fully saturated rings. The van der Waals surface area contributed by atoms with Gasteiger partial charge in [-0.3, -0.25) is 0 Å². The molecule has 21 heavy (non-hydrogen) atoms. The smallest absolute Gasteiger partial charge is 0.0462 e. The van der Waals surface area contributed by atoms with Gasteiger partial charge in [-0.15, -0.1) is 0 Å². The molecule has 0 aromatic rings. The van der Waals surface area contributed by atoms with Gasteiger partial charge in [0.05, 0.1) is 0 Å². The van der Waals surface area contributed by atoms with Crippen molar-refractivity contribution in [1.82, 2.24) is 10.6 Å². The van der Waals surface area contributed by atoms with Gasteiger partial charge in [0.1, 0.15) is 0 Å². The van der Waals surface area contributed by atoms with Crippen molar-refractivity contribution >= 4 is 0 Å². The van der Waals surface area contributed by atoms with Crippen molar-refractivity contribution < 1.29 is 5.11 Å². The van der Waals surface area contributed by atoms with Crippen molar-refractivity contribution in [3.63, 3.8) is 0 Å². The number of hydrogen-bond donors (Lipinski definition) is 3. The molecule has 3 rings (SSSR count). The largest absolute Gasteiger partial charge is 0.396 e. The standard InChI is InChI=1S/C18H34N2O/c21-13-15-7-2-1-6-14(15)12-20-18-9-4-3-8-16(18)17-10-5-11-19-17/h14-21H,1-13H2. The minimum atomic E-state index is 0.393. The zero-order chi connectivity index (χ0) is 14.5. The van der Waals surface area contributed by atoms with Crippen molar-refractivity contribution in [3.8, 4) is 0 Å². The summed E-state index contributed by atoms with van der Waals surface area (Å²) >= 11 is 0. The Morgan fingerprint density at radius 1 is 0.857 bits per heavy atom. The first-order chi connectivity index (χ1) is 10.4. The van der Waals surface area contributed by atoms with E-state index in [4.69, 9.17) is 0 Å². The van der Waals surface area contributed by atoms with Gasteiger partial charge in [-0.25, -0.2) is 0 Å². The average molecular weight is 294 g/mol. The molecular weight excluding hydrogens is 260 g/mol. The summed E-state index contributed by atoms with van der Waals surface area (Å²) in [4.78, 5) is 0. The third-order valence-corrected chi connectivity index (χ3v) is 6.38. The van der Waals surface area contributed by atoms with Gasteiger partial charge in [0, 0.05) is 18.7 Å². The molecule has 2 saturated carbocycles. The van der Waals surface area contributed by atoms with Crippen LogP contribution in [0.4, 0.5) is 0 Å². The van der Waals surface area contributed by atoms with Crippen molar-refractivity contribution in [3.05, 3.63) is 0 Å². The Labute approximate surface area is 130 Å². The maximum Gasteiger partial charge on any atom is 0.0462 e. The molecule has 0 aromatic heterocycles. The van der Waals surface area contributed by atoms with Gasteiger partial charge in [-0.2, -0.15) is 0 Å². The van der Waals surface area contributed by atoms with Gasteiger partial charge in [-0.1, -0.05) is 25.7 Å². The predicted octanol–water partition coefficient (Wildman–Crippen LogP) is 2.69. The predicted molar refractivity (Wildman–Crippen MR) is 87.3 cm³/mol. The fraction of sp³-hybridized carbons (Fsp3) is 1.00. The second-order valence-corrected chi connectivity index (χ2v) is 7.65. The highest BCUT2D eigenvalue weighted by Gasteiger charge is 2.34. The number of aliphatic hydroxyl groups is 1. The van der Waals surface area contributed by atoms with Gasteiger partial charge >= 0.3 is 0 Å². The molecular formula is C18H34N2O. The van der Waals surface area contributed by atoms with Gasteiger partial charge in [0.15, 0.2) is 0 Å². The Bertz CT molecular complexity index is 304. The van der Waals surface area contributed by atoms with Crippen LogP contribution in [0, 0.1) is 17.8 Å². The number of hydrogen-bond acceptors (Lipinski definition) is 3. The molecule has 0 bridgehead atoms. The maximum atomic E-state index is 9.59. The van der Waals surface area contributed by atoms with Crippen molar-refractivity contribution in [2.45, 2.75) is 76.3 Å². The Morgan fingerprint density at radius 3 is 2.38 bits per heavy atom. The molecule has 3 nitrogen and oxygen atoms in total. The summed E-state index contributed by atoms with van der Waals surface area (Å²) in [6.07, 6.45) is 13.6. The van der Waals surface area contributed by atoms with E-state index in [2.05, 4.69) is 10.6 Å². The van der Waals surface area contributed by atoms with Crippen LogP contribution in [0.3, 0.4) is 0 Å². The Kier molecular flexibility index (Phi) is 5.96. The minimum Gasteiger partial charge on any atom is -0.396 e. The van der Waals surface area contributed by atoms with E-state index in [-0.39, 0.29) is 0 Å². The highest BCUT2D eigenvalue weighted by atomic mass is 16.3. The fourth-order valence-electron chi connectivity index (χ4n) is 5.07. The van der Waals surface area contributed by atoms with Crippen LogP contribution in [-0.4, -0.2) is 36.9 Å². The lowest BCUT2D eigenvalue weighted by atomic mass is 9.77. The van der Waals surface area contributed by atoms with E-state index < -0.39 is 0 Å². The molecule has 0 amide bonds. The summed E-state index contributed by atoms with van der Waals surface area (Å²) in [5.74, 6) is 2.11.